The molecule has 3 rings (SSSR count). The van der Waals surface area contributed by atoms with Gasteiger partial charge in [-0.3, -0.25) is 9.69 Å². The molecule has 22 heavy (non-hydrogen) atoms. The number of halogens is 1. The van der Waals surface area contributed by atoms with Gasteiger partial charge in [-0.05, 0) is 65.4 Å². The minimum atomic E-state index is 0.136. The van der Waals surface area contributed by atoms with E-state index in [-0.39, 0.29) is 5.91 Å². The van der Waals surface area contributed by atoms with Gasteiger partial charge in [0.15, 0.2) is 0 Å². The third-order valence-corrected chi connectivity index (χ3v) is 5.23. The molecule has 5 heteroatoms. The van der Waals surface area contributed by atoms with E-state index in [4.69, 9.17) is 4.42 Å². The van der Waals surface area contributed by atoms with E-state index in [2.05, 4.69) is 27.5 Å². The molecule has 0 aliphatic carbocycles. The van der Waals surface area contributed by atoms with E-state index in [9.17, 15) is 4.79 Å². The smallest absolute Gasteiger partial charge is 0.253 e. The minimum Gasteiger partial charge on any atom is -0.468 e. The van der Waals surface area contributed by atoms with Crippen molar-refractivity contribution < 1.29 is 9.21 Å². The molecule has 1 aliphatic rings. The van der Waals surface area contributed by atoms with Gasteiger partial charge in [-0.2, -0.15) is 0 Å². The lowest BCUT2D eigenvalue weighted by Crippen LogP contribution is -2.48. The van der Waals surface area contributed by atoms with Gasteiger partial charge in [0.1, 0.15) is 5.76 Å². The molecule has 1 aliphatic heterocycles. The molecule has 1 aromatic heterocycles. The van der Waals surface area contributed by atoms with Crippen molar-refractivity contribution in [3.05, 3.63) is 57.1 Å². The zero-order valence-corrected chi connectivity index (χ0v) is 14.7. The minimum absolute atomic E-state index is 0.136. The van der Waals surface area contributed by atoms with Crippen molar-refractivity contribution in [1.29, 1.82) is 0 Å². The molecule has 0 radical (unpaired) electrons. The van der Waals surface area contributed by atoms with Crippen LogP contribution in [-0.2, 0) is 6.54 Å². The highest BCUT2D eigenvalue weighted by Gasteiger charge is 2.22. The number of furan rings is 1. The summed E-state index contributed by atoms with van der Waals surface area (Å²) in [6.07, 6.45) is 1.70. The Labute approximate surface area is 144 Å². The molecule has 116 valence electrons. The number of hydrogen-bond donors (Lipinski definition) is 0. The second-order valence-corrected chi connectivity index (χ2v) is 6.77. The van der Waals surface area contributed by atoms with Crippen molar-refractivity contribution in [2.45, 2.75) is 13.5 Å². The second-order valence-electron chi connectivity index (χ2n) is 5.61. The van der Waals surface area contributed by atoms with E-state index in [1.807, 2.05) is 42.2 Å². The van der Waals surface area contributed by atoms with E-state index in [1.165, 1.54) is 3.57 Å². The largest absolute Gasteiger partial charge is 0.468 e. The Balaban J connectivity index is 1.58. The molecule has 1 saturated heterocycles. The predicted molar refractivity (Wildman–Crippen MR) is 93.8 cm³/mol. The SMILES string of the molecule is Cc1cc(C(=O)N2CCN(Cc3ccco3)CC2)ccc1I. The Morgan fingerprint density at radius 1 is 1.23 bits per heavy atom. The zero-order valence-electron chi connectivity index (χ0n) is 12.6. The molecule has 4 nitrogen and oxygen atoms in total. The zero-order chi connectivity index (χ0) is 15.5. The second kappa shape index (κ2) is 6.83. The van der Waals surface area contributed by atoms with Crippen molar-refractivity contribution >= 4 is 28.5 Å². The standard InChI is InChI=1S/C17H19IN2O2/c1-13-11-14(4-5-16(13)18)17(21)20-8-6-19(7-9-20)12-15-3-2-10-22-15/h2-5,10-11H,6-9,12H2,1H3. The van der Waals surface area contributed by atoms with Crippen molar-refractivity contribution in [3.8, 4) is 0 Å². The number of amides is 1. The fraction of sp³-hybridized carbons (Fsp3) is 0.353. The van der Waals surface area contributed by atoms with Gasteiger partial charge in [0.05, 0.1) is 12.8 Å². The van der Waals surface area contributed by atoms with Crippen LogP contribution in [0.25, 0.3) is 0 Å². The molecule has 1 amide bonds. The maximum Gasteiger partial charge on any atom is 0.253 e. The highest BCUT2D eigenvalue weighted by Crippen LogP contribution is 2.16. The first-order valence-corrected chi connectivity index (χ1v) is 8.51. The average Bonchev–Trinajstić information content (AvgIpc) is 3.03. The van der Waals surface area contributed by atoms with Gasteiger partial charge < -0.3 is 9.32 Å². The summed E-state index contributed by atoms with van der Waals surface area (Å²) in [5.74, 6) is 1.12. The van der Waals surface area contributed by atoms with E-state index < -0.39 is 0 Å². The molecule has 2 heterocycles. The van der Waals surface area contributed by atoms with Gasteiger partial charge in [0, 0.05) is 35.3 Å². The molecule has 0 unspecified atom stereocenters. The lowest BCUT2D eigenvalue weighted by molar-refractivity contribution is 0.0620. The molecule has 0 bridgehead atoms. The van der Waals surface area contributed by atoms with Crippen molar-refractivity contribution in [2.75, 3.05) is 26.2 Å². The van der Waals surface area contributed by atoms with Gasteiger partial charge in [-0.1, -0.05) is 0 Å². The van der Waals surface area contributed by atoms with Crippen molar-refractivity contribution in [3.63, 3.8) is 0 Å². The number of benzene rings is 1. The Kier molecular flexibility index (Phi) is 4.83. The highest BCUT2D eigenvalue weighted by atomic mass is 127. The molecule has 0 N–H and O–H groups in total. The maximum absolute atomic E-state index is 12.6. The molecular formula is C17H19IN2O2. The Hall–Kier alpha value is -1.34. The van der Waals surface area contributed by atoms with Crippen LogP contribution in [0.4, 0.5) is 0 Å². The fourth-order valence-electron chi connectivity index (χ4n) is 2.69. The van der Waals surface area contributed by atoms with Gasteiger partial charge in [0.25, 0.3) is 5.91 Å². The first kappa shape index (κ1) is 15.6. The lowest BCUT2D eigenvalue weighted by Gasteiger charge is -2.34. The Bertz CT molecular complexity index is 647. The maximum atomic E-state index is 12.6. The third kappa shape index (κ3) is 3.52. The normalized spacial score (nSPS) is 16.0. The number of piperazine rings is 1. The number of carbonyl (C=O) groups excluding carboxylic acids is 1. The first-order valence-electron chi connectivity index (χ1n) is 7.43. The first-order chi connectivity index (χ1) is 10.6. The summed E-state index contributed by atoms with van der Waals surface area (Å²) in [7, 11) is 0. The predicted octanol–water partition coefficient (Wildman–Crippen LogP) is 3.15. The van der Waals surface area contributed by atoms with Crippen LogP contribution in [0.1, 0.15) is 21.7 Å². The number of hydrogen-bond acceptors (Lipinski definition) is 3. The van der Waals surface area contributed by atoms with Crippen LogP contribution in [0.2, 0.25) is 0 Å². The molecular weight excluding hydrogens is 391 g/mol. The van der Waals surface area contributed by atoms with Gasteiger partial charge in [0.2, 0.25) is 0 Å². The summed E-state index contributed by atoms with van der Waals surface area (Å²) >= 11 is 2.29. The fourth-order valence-corrected chi connectivity index (χ4v) is 3.03. The van der Waals surface area contributed by atoms with Crippen LogP contribution in [0.15, 0.2) is 41.0 Å². The molecule has 1 fully saturated rings. The molecule has 0 atom stereocenters. The molecule has 1 aromatic carbocycles. The summed E-state index contributed by atoms with van der Waals surface area (Å²) in [4.78, 5) is 16.8. The van der Waals surface area contributed by atoms with E-state index in [0.717, 1.165) is 49.6 Å². The van der Waals surface area contributed by atoms with Gasteiger partial charge >= 0.3 is 0 Å². The van der Waals surface area contributed by atoms with E-state index in [0.29, 0.717) is 0 Å². The number of aryl methyl sites for hydroxylation is 1. The van der Waals surface area contributed by atoms with Crippen LogP contribution >= 0.6 is 22.6 Å². The number of nitrogens with zero attached hydrogens (tertiary/aromatic N) is 2. The highest BCUT2D eigenvalue weighted by molar-refractivity contribution is 14.1. The molecule has 0 spiro atoms. The summed E-state index contributed by atoms with van der Waals surface area (Å²) in [6.45, 7) is 6.16. The topological polar surface area (TPSA) is 36.7 Å². The number of carbonyl (C=O) groups is 1. The van der Waals surface area contributed by atoms with Gasteiger partial charge in [-0.25, -0.2) is 0 Å². The average molecular weight is 410 g/mol. The summed E-state index contributed by atoms with van der Waals surface area (Å²) in [5, 5.41) is 0. The third-order valence-electron chi connectivity index (χ3n) is 4.02. The summed E-state index contributed by atoms with van der Waals surface area (Å²) < 4.78 is 6.57. The van der Waals surface area contributed by atoms with Crippen molar-refractivity contribution in [2.24, 2.45) is 0 Å². The Morgan fingerprint density at radius 2 is 2.00 bits per heavy atom. The number of rotatable bonds is 3. The van der Waals surface area contributed by atoms with Crippen LogP contribution in [0.5, 0.6) is 0 Å². The summed E-state index contributed by atoms with van der Waals surface area (Å²) in [5.41, 5.74) is 1.94. The van der Waals surface area contributed by atoms with Crippen LogP contribution in [0, 0.1) is 10.5 Å². The van der Waals surface area contributed by atoms with Crippen molar-refractivity contribution in [1.82, 2.24) is 9.80 Å². The lowest BCUT2D eigenvalue weighted by atomic mass is 10.1. The Morgan fingerprint density at radius 3 is 2.64 bits per heavy atom. The molecule has 0 saturated carbocycles. The van der Waals surface area contributed by atoms with E-state index >= 15 is 0 Å². The summed E-state index contributed by atoms with van der Waals surface area (Å²) in [6, 6.07) is 9.82. The van der Waals surface area contributed by atoms with Crippen LogP contribution in [0.3, 0.4) is 0 Å². The van der Waals surface area contributed by atoms with Crippen LogP contribution in [-0.4, -0.2) is 41.9 Å². The quantitative estimate of drug-likeness (QED) is 0.730. The molecule has 2 aromatic rings. The monoisotopic (exact) mass is 410 g/mol. The van der Waals surface area contributed by atoms with Crippen LogP contribution < -0.4 is 0 Å². The van der Waals surface area contributed by atoms with E-state index in [1.54, 1.807) is 6.26 Å². The van der Waals surface area contributed by atoms with Gasteiger partial charge in [-0.15, -0.1) is 0 Å².